The Morgan fingerprint density at radius 2 is 1.52 bits per heavy atom. The van der Waals surface area contributed by atoms with Gasteiger partial charge in [-0.15, -0.1) is 0 Å². The van der Waals surface area contributed by atoms with Crippen LogP contribution in [0, 0.1) is 5.92 Å². The van der Waals surface area contributed by atoms with E-state index in [0.717, 1.165) is 50.0 Å². The number of allylic oxidation sites excluding steroid dienone is 1. The molecule has 3 aromatic carbocycles. The Balaban J connectivity index is 1.32. The zero-order valence-corrected chi connectivity index (χ0v) is 25.5. The van der Waals surface area contributed by atoms with Crippen molar-refractivity contribution in [3.63, 3.8) is 0 Å². The number of likely N-dealkylation sites (N-methyl/N-ethyl adjacent to an activating group) is 1. The first-order chi connectivity index (χ1) is 20.2. The summed E-state index contributed by atoms with van der Waals surface area (Å²) in [5.41, 5.74) is 1.76. The summed E-state index contributed by atoms with van der Waals surface area (Å²) in [5, 5.41) is 9.62. The van der Waals surface area contributed by atoms with Gasteiger partial charge in [-0.1, -0.05) is 97.9 Å². The number of likely N-dealkylation sites (tertiary alicyclic amines) is 1. The Labute approximate surface area is 251 Å². The number of sulfonamides is 1. The van der Waals surface area contributed by atoms with Gasteiger partial charge in [-0.2, -0.15) is 0 Å². The van der Waals surface area contributed by atoms with Crippen LogP contribution in [-0.2, 0) is 22.0 Å². The second-order valence-electron chi connectivity index (χ2n) is 11.5. The lowest BCUT2D eigenvalue weighted by molar-refractivity contribution is 0.147. The van der Waals surface area contributed by atoms with Gasteiger partial charge in [0.1, 0.15) is 0 Å². The molecule has 1 N–H and O–H groups in total. The van der Waals surface area contributed by atoms with E-state index in [4.69, 9.17) is 0 Å². The van der Waals surface area contributed by atoms with Gasteiger partial charge in [0.2, 0.25) is 10.0 Å². The molecule has 42 heavy (non-hydrogen) atoms. The summed E-state index contributed by atoms with van der Waals surface area (Å²) in [6.07, 6.45) is 6.13. The lowest BCUT2D eigenvalue weighted by Gasteiger charge is -2.37. The van der Waals surface area contributed by atoms with Crippen molar-refractivity contribution in [2.75, 3.05) is 39.8 Å². The molecule has 1 amide bonds. The average Bonchev–Trinajstić information content (AvgIpc) is 3.01. The number of hydrogen-bond donors (Lipinski definition) is 1. The molecule has 8 heteroatoms. The number of amides is 1. The molecule has 0 spiro atoms. The molecule has 1 atom stereocenters. The second-order valence-corrected chi connectivity index (χ2v) is 13.6. The lowest BCUT2D eigenvalue weighted by Crippen LogP contribution is -2.43. The summed E-state index contributed by atoms with van der Waals surface area (Å²) in [5.74, 6) is 0.427. The Kier molecular flexibility index (Phi) is 11.0. The van der Waals surface area contributed by atoms with E-state index < -0.39 is 16.1 Å². The highest BCUT2D eigenvalue weighted by molar-refractivity contribution is 7.89. The molecule has 0 unspecified atom stereocenters. The first-order valence-corrected chi connectivity index (χ1v) is 16.1. The Morgan fingerprint density at radius 3 is 2.12 bits per heavy atom. The molecule has 0 aromatic heterocycles. The quantitative estimate of drug-likeness (QED) is 0.244. The van der Waals surface area contributed by atoms with Crippen molar-refractivity contribution < 1.29 is 18.3 Å². The van der Waals surface area contributed by atoms with E-state index >= 15 is 0 Å². The van der Waals surface area contributed by atoms with Crippen LogP contribution in [0.15, 0.2) is 108 Å². The van der Waals surface area contributed by atoms with E-state index in [1.165, 1.54) is 9.21 Å². The summed E-state index contributed by atoms with van der Waals surface area (Å²) in [6, 6.07) is 28.5. The second kappa shape index (κ2) is 14.6. The number of benzene rings is 3. The Bertz CT molecular complexity index is 1390. The number of nitrogens with zero attached hydrogens (tertiary/aromatic N) is 3. The zero-order valence-electron chi connectivity index (χ0n) is 24.7. The number of hydrogen-bond acceptors (Lipinski definition) is 4. The third-order valence-corrected chi connectivity index (χ3v) is 10.1. The summed E-state index contributed by atoms with van der Waals surface area (Å²) in [7, 11) is -1.92. The fourth-order valence-electron chi connectivity index (χ4n) is 5.67. The van der Waals surface area contributed by atoms with Crippen LogP contribution in [-0.4, -0.2) is 73.5 Å². The summed E-state index contributed by atoms with van der Waals surface area (Å²) in [4.78, 5) is 15.9. The minimum absolute atomic E-state index is 0.310. The predicted octanol–water partition coefficient (Wildman–Crippen LogP) is 6.10. The van der Waals surface area contributed by atoms with Gasteiger partial charge in [0, 0.05) is 32.1 Å². The SMILES string of the molecule is CN(C[C@@](C)(CCN1CCC(C=CCN(Cc2ccccc2)C(=O)O)CC1)c1ccccc1)S(=O)(=O)c1ccccc1. The normalized spacial score (nSPS) is 16.5. The number of carbonyl (C=O) groups is 1. The molecule has 0 radical (unpaired) electrons. The Morgan fingerprint density at radius 1 is 0.952 bits per heavy atom. The van der Waals surface area contributed by atoms with E-state index in [9.17, 15) is 18.3 Å². The average molecular weight is 590 g/mol. The molecular weight excluding hydrogens is 546 g/mol. The zero-order chi connectivity index (χ0) is 30.0. The highest BCUT2D eigenvalue weighted by Crippen LogP contribution is 2.31. The molecular formula is C34H43N3O4S. The first-order valence-electron chi connectivity index (χ1n) is 14.7. The lowest BCUT2D eigenvalue weighted by atomic mass is 9.79. The van der Waals surface area contributed by atoms with Gasteiger partial charge in [0.15, 0.2) is 0 Å². The van der Waals surface area contributed by atoms with Crippen LogP contribution in [0.4, 0.5) is 4.79 Å². The fourth-order valence-corrected chi connectivity index (χ4v) is 6.99. The molecule has 4 rings (SSSR count). The first kappa shape index (κ1) is 31.5. The maximum absolute atomic E-state index is 13.3. The van der Waals surface area contributed by atoms with Gasteiger partial charge in [0.05, 0.1) is 4.90 Å². The molecule has 224 valence electrons. The van der Waals surface area contributed by atoms with E-state index in [1.54, 1.807) is 31.3 Å². The number of piperidine rings is 1. The largest absolute Gasteiger partial charge is 0.465 e. The van der Waals surface area contributed by atoms with Gasteiger partial charge in [-0.3, -0.25) is 0 Å². The molecule has 3 aromatic rings. The monoisotopic (exact) mass is 589 g/mol. The van der Waals surface area contributed by atoms with Crippen molar-refractivity contribution >= 4 is 16.1 Å². The van der Waals surface area contributed by atoms with E-state index in [0.29, 0.717) is 30.4 Å². The maximum atomic E-state index is 13.3. The van der Waals surface area contributed by atoms with Crippen molar-refractivity contribution in [2.45, 2.75) is 43.0 Å². The third-order valence-electron chi connectivity index (χ3n) is 8.33. The molecule has 0 aliphatic carbocycles. The molecule has 0 saturated carbocycles. The number of carboxylic acid groups (broad SMARTS) is 1. The molecule has 1 heterocycles. The molecule has 0 bridgehead atoms. The van der Waals surface area contributed by atoms with Gasteiger partial charge in [-0.05, 0) is 68.1 Å². The molecule has 1 saturated heterocycles. The molecule has 7 nitrogen and oxygen atoms in total. The summed E-state index contributed by atoms with van der Waals surface area (Å²) < 4.78 is 28.1. The van der Waals surface area contributed by atoms with Gasteiger partial charge in [0.25, 0.3) is 0 Å². The smallest absolute Gasteiger partial charge is 0.407 e. The fraction of sp³-hybridized carbons (Fsp3) is 0.382. The minimum Gasteiger partial charge on any atom is -0.465 e. The van der Waals surface area contributed by atoms with Crippen LogP contribution < -0.4 is 0 Å². The van der Waals surface area contributed by atoms with E-state index in [1.807, 2.05) is 60.7 Å². The van der Waals surface area contributed by atoms with Gasteiger partial charge in [-0.25, -0.2) is 17.5 Å². The van der Waals surface area contributed by atoms with E-state index in [-0.39, 0.29) is 5.41 Å². The predicted molar refractivity (Wildman–Crippen MR) is 168 cm³/mol. The van der Waals surface area contributed by atoms with Gasteiger partial charge < -0.3 is 14.9 Å². The third kappa shape index (κ3) is 8.53. The van der Waals surface area contributed by atoms with Crippen molar-refractivity contribution in [3.8, 4) is 0 Å². The summed E-state index contributed by atoms with van der Waals surface area (Å²) in [6.45, 7) is 6.11. The maximum Gasteiger partial charge on any atom is 0.407 e. The number of rotatable bonds is 13. The molecule has 1 fully saturated rings. The van der Waals surface area contributed by atoms with Crippen molar-refractivity contribution in [3.05, 3.63) is 114 Å². The Hall–Kier alpha value is -3.46. The highest BCUT2D eigenvalue weighted by atomic mass is 32.2. The van der Waals surface area contributed by atoms with Crippen LogP contribution in [0.25, 0.3) is 0 Å². The van der Waals surface area contributed by atoms with Crippen LogP contribution in [0.1, 0.15) is 37.3 Å². The van der Waals surface area contributed by atoms with Crippen LogP contribution in [0.3, 0.4) is 0 Å². The van der Waals surface area contributed by atoms with Crippen molar-refractivity contribution in [1.82, 2.24) is 14.1 Å². The van der Waals surface area contributed by atoms with Crippen molar-refractivity contribution in [1.29, 1.82) is 0 Å². The van der Waals surface area contributed by atoms with Gasteiger partial charge >= 0.3 is 6.09 Å². The van der Waals surface area contributed by atoms with E-state index in [2.05, 4.69) is 30.0 Å². The minimum atomic E-state index is -3.60. The summed E-state index contributed by atoms with van der Waals surface area (Å²) >= 11 is 0. The molecule has 1 aliphatic heterocycles. The van der Waals surface area contributed by atoms with Crippen LogP contribution in [0.5, 0.6) is 0 Å². The standard InChI is InChI=1S/C34H43N3O4S/c1-34(31-16-8-4-9-17-31,28-35(2)42(40,41)32-18-10-5-11-19-32)22-26-36-24-20-29(21-25-36)15-12-23-37(33(38)39)27-30-13-6-3-7-14-30/h3-19,29H,20-28H2,1-2H3,(H,38,39)/t34-/m1/s1. The molecule has 1 aliphatic rings. The van der Waals surface area contributed by atoms with Crippen LogP contribution >= 0.6 is 0 Å². The topological polar surface area (TPSA) is 81.2 Å². The van der Waals surface area contributed by atoms with Crippen LogP contribution in [0.2, 0.25) is 0 Å². The van der Waals surface area contributed by atoms with Crippen molar-refractivity contribution in [2.24, 2.45) is 5.92 Å². The highest BCUT2D eigenvalue weighted by Gasteiger charge is 2.33.